The van der Waals surface area contributed by atoms with Gasteiger partial charge in [0.15, 0.2) is 16.2 Å². The van der Waals surface area contributed by atoms with Gasteiger partial charge in [0.2, 0.25) is 17.6 Å². The van der Waals surface area contributed by atoms with E-state index in [9.17, 15) is 32.7 Å². The Hall–Kier alpha value is -2.09. The van der Waals surface area contributed by atoms with Gasteiger partial charge in [-0.3, -0.25) is 29.8 Å². The molecule has 3 amide bonds. The molecule has 246 valence electrons. The van der Waals surface area contributed by atoms with Gasteiger partial charge in [0, 0.05) is 12.1 Å². The molecule has 0 spiro atoms. The number of hydrogen-bond acceptors (Lipinski definition) is 9. The first kappa shape index (κ1) is 35.4. The van der Waals surface area contributed by atoms with Crippen molar-refractivity contribution < 1.29 is 32.7 Å². The Morgan fingerprint density at radius 1 is 0.977 bits per heavy atom. The Labute approximate surface area is 256 Å². The van der Waals surface area contributed by atoms with Gasteiger partial charge in [-0.25, -0.2) is 8.42 Å². The lowest BCUT2D eigenvalue weighted by atomic mass is 9.83. The number of nitrogens with zero attached hydrogens (tertiary/aromatic N) is 1. The van der Waals surface area contributed by atoms with Crippen molar-refractivity contribution in [2.75, 3.05) is 12.3 Å². The van der Waals surface area contributed by atoms with Crippen LogP contribution in [0.25, 0.3) is 0 Å². The minimum absolute atomic E-state index is 0.128. The molecule has 43 heavy (non-hydrogen) atoms. The summed E-state index contributed by atoms with van der Waals surface area (Å²) in [7, 11) is -3.50. The van der Waals surface area contributed by atoms with E-state index >= 15 is 0 Å². The monoisotopic (exact) mass is 627 g/mol. The molecule has 0 bridgehead atoms. The molecule has 2 aliphatic carbocycles. The molecule has 3 rings (SSSR count). The Balaban J connectivity index is 1.76. The molecule has 0 aromatic carbocycles. The molecule has 3 fully saturated rings. The molecule has 4 atom stereocenters. The maximum Gasteiger partial charge on any atom is 0.287 e. The summed E-state index contributed by atoms with van der Waals surface area (Å²) < 4.78 is 25.5. The first-order valence-electron chi connectivity index (χ1n) is 15.6. The van der Waals surface area contributed by atoms with Crippen molar-refractivity contribution in [2.45, 2.75) is 141 Å². The minimum Gasteiger partial charge on any atom is -0.365 e. The number of nitrogens with two attached hydrogens (primary N) is 1. The maximum atomic E-state index is 14.0. The van der Waals surface area contributed by atoms with E-state index in [1.165, 1.54) is 4.90 Å². The first-order valence-corrected chi connectivity index (χ1v) is 17.3. The molecule has 1 aliphatic heterocycles. The third kappa shape index (κ3) is 9.21. The average Bonchev–Trinajstić information content (AvgIpc) is 3.55. The van der Waals surface area contributed by atoms with Crippen LogP contribution in [0.5, 0.6) is 0 Å². The zero-order chi connectivity index (χ0) is 32.4. The molecule has 0 aromatic heterocycles. The van der Waals surface area contributed by atoms with Crippen LogP contribution >= 0.6 is 0 Å². The van der Waals surface area contributed by atoms with Crippen LogP contribution in [0.4, 0.5) is 0 Å². The van der Waals surface area contributed by atoms with Crippen molar-refractivity contribution in [3.8, 4) is 0 Å². The highest BCUT2D eigenvalue weighted by atomic mass is 32.2. The third-order valence-electron chi connectivity index (χ3n) is 9.07. The summed E-state index contributed by atoms with van der Waals surface area (Å²) in [5, 5.41) is 20.1. The van der Waals surface area contributed by atoms with E-state index in [4.69, 9.17) is 5.73 Å². The van der Waals surface area contributed by atoms with E-state index in [0.717, 1.165) is 32.1 Å². The number of Topliss-reactive ketones (excluding diaryl/α,β-unsaturated/α-hetero) is 1. The quantitative estimate of drug-likeness (QED) is 0.147. The second-order valence-electron chi connectivity index (χ2n) is 14.9. The normalized spacial score (nSPS) is 23.3. The number of carbonyl (C=O) groups excluding carboxylic acids is 4. The van der Waals surface area contributed by atoms with Crippen LogP contribution in [0.15, 0.2) is 0 Å². The Morgan fingerprint density at radius 3 is 2.09 bits per heavy atom. The van der Waals surface area contributed by atoms with Gasteiger partial charge in [0.05, 0.1) is 22.6 Å². The number of ketones is 1. The van der Waals surface area contributed by atoms with Crippen molar-refractivity contribution in [1.82, 2.24) is 20.9 Å². The molecule has 1 saturated heterocycles. The van der Waals surface area contributed by atoms with E-state index in [0.29, 0.717) is 38.6 Å². The number of likely N-dealkylation sites (tertiary alicyclic amines) is 1. The molecule has 12 nitrogen and oxygen atoms in total. The average molecular weight is 628 g/mol. The van der Waals surface area contributed by atoms with Crippen molar-refractivity contribution in [1.29, 1.82) is 0 Å². The van der Waals surface area contributed by atoms with Crippen molar-refractivity contribution in [3.05, 3.63) is 0 Å². The van der Waals surface area contributed by atoms with Crippen LogP contribution in [0.3, 0.4) is 0 Å². The van der Waals surface area contributed by atoms with Gasteiger partial charge in [0.1, 0.15) is 6.04 Å². The number of hydrogen-bond donors (Lipinski definition) is 5. The van der Waals surface area contributed by atoms with Crippen molar-refractivity contribution in [2.24, 2.45) is 17.1 Å². The highest BCUT2D eigenvalue weighted by molar-refractivity contribution is 7.92. The Bertz CT molecular complexity index is 1150. The largest absolute Gasteiger partial charge is 0.365 e. The molecule has 2 unspecified atom stereocenters. The maximum absolute atomic E-state index is 14.0. The third-order valence-corrected chi connectivity index (χ3v) is 11.9. The van der Waals surface area contributed by atoms with Crippen LogP contribution in [0.1, 0.15) is 106 Å². The fourth-order valence-corrected chi connectivity index (χ4v) is 7.68. The predicted octanol–water partition coefficient (Wildman–Crippen LogP) is 1.10. The topological polar surface area (TPSA) is 188 Å². The number of carbonyl (C=O) groups is 4. The zero-order valence-electron chi connectivity index (χ0n) is 26.7. The number of aliphatic hydroxyl groups excluding tert-OH is 1. The number of sulfone groups is 1. The lowest BCUT2D eigenvalue weighted by Crippen LogP contribution is -2.65. The fourth-order valence-electron chi connectivity index (χ4n) is 6.15. The molecule has 6 N–H and O–H groups in total. The van der Waals surface area contributed by atoms with Crippen molar-refractivity contribution >= 4 is 33.3 Å². The number of aliphatic hydroxyl groups is 1. The van der Waals surface area contributed by atoms with Crippen LogP contribution in [0, 0.1) is 11.3 Å². The van der Waals surface area contributed by atoms with Crippen LogP contribution in [-0.2, 0) is 29.0 Å². The summed E-state index contributed by atoms with van der Waals surface area (Å²) >= 11 is 0. The van der Waals surface area contributed by atoms with Crippen LogP contribution < -0.4 is 21.7 Å². The van der Waals surface area contributed by atoms with E-state index in [-0.39, 0.29) is 17.6 Å². The first-order chi connectivity index (χ1) is 19.8. The molecule has 13 heteroatoms. The number of nitrogens with one attached hydrogen (secondary N) is 3. The van der Waals surface area contributed by atoms with E-state index < -0.39 is 67.6 Å². The van der Waals surface area contributed by atoms with Gasteiger partial charge in [-0.15, -0.1) is 0 Å². The number of primary amides is 1. The number of rotatable bonds is 13. The summed E-state index contributed by atoms with van der Waals surface area (Å²) in [6, 6.07) is -2.78. The lowest BCUT2D eigenvalue weighted by molar-refractivity contribution is -0.144. The Morgan fingerprint density at radius 2 is 1.58 bits per heavy atom. The molecular weight excluding hydrogens is 574 g/mol. The summed E-state index contributed by atoms with van der Waals surface area (Å²) in [6.45, 7) is 10.9. The molecule has 2 saturated carbocycles. The molecule has 3 aliphatic rings. The lowest BCUT2D eigenvalue weighted by Gasteiger charge is -2.43. The molecule has 1 heterocycles. The van der Waals surface area contributed by atoms with Gasteiger partial charge in [-0.1, -0.05) is 52.9 Å². The van der Waals surface area contributed by atoms with E-state index in [2.05, 4.69) is 16.0 Å². The standard InChI is InChI=1S/C30H53N5O7S/c1-28(2,3)23(33-27(40)34-30(14-8-7-9-15-30)18-43(41,42)29(4,5)6)26(39)35-16-10-11-21(35)25(38)32-20(17-19-12-13-19)22(36)24(31)37/h19-21,23,27,33-34,40H,7-18H2,1-6H3,(H2,31,37)(H,32,38)/t20?,21-,23+,27?/m0/s1. The van der Waals surface area contributed by atoms with Gasteiger partial charge in [-0.05, 0) is 64.2 Å². The van der Waals surface area contributed by atoms with Crippen LogP contribution in [0.2, 0.25) is 0 Å². The van der Waals surface area contributed by atoms with E-state index in [1.54, 1.807) is 20.8 Å². The number of amides is 3. The minimum atomic E-state index is -3.50. The smallest absolute Gasteiger partial charge is 0.287 e. The summed E-state index contributed by atoms with van der Waals surface area (Å²) in [5.74, 6) is -2.71. The van der Waals surface area contributed by atoms with Gasteiger partial charge in [0.25, 0.3) is 5.91 Å². The van der Waals surface area contributed by atoms with E-state index in [1.807, 2.05) is 20.8 Å². The summed E-state index contributed by atoms with van der Waals surface area (Å²) in [4.78, 5) is 52.8. The fraction of sp³-hybridized carbons (Fsp3) is 0.867. The molecule has 0 aromatic rings. The summed E-state index contributed by atoms with van der Waals surface area (Å²) in [6.07, 6.45) is 5.56. The highest BCUT2D eigenvalue weighted by Crippen LogP contribution is 2.35. The SMILES string of the molecule is CC(C)(C)[C@H](NC(O)NC1(CS(=O)(=O)C(C)(C)C)CCCCC1)C(=O)N1CCC[C@H]1C(=O)NC(CC1CC1)C(=O)C(N)=O. The summed E-state index contributed by atoms with van der Waals surface area (Å²) in [5.41, 5.74) is 3.70. The highest BCUT2D eigenvalue weighted by Gasteiger charge is 2.45. The molecular formula is C30H53N5O7S. The van der Waals surface area contributed by atoms with Crippen LogP contribution in [-0.4, -0.2) is 89.0 Å². The van der Waals surface area contributed by atoms with Gasteiger partial charge in [-0.2, -0.15) is 0 Å². The van der Waals surface area contributed by atoms with Gasteiger partial charge < -0.3 is 21.1 Å². The second kappa shape index (κ2) is 13.5. The van der Waals surface area contributed by atoms with Crippen molar-refractivity contribution in [3.63, 3.8) is 0 Å². The predicted molar refractivity (Wildman–Crippen MR) is 163 cm³/mol. The molecule has 0 radical (unpaired) electrons. The van der Waals surface area contributed by atoms with Gasteiger partial charge >= 0.3 is 0 Å². The zero-order valence-corrected chi connectivity index (χ0v) is 27.5. The Kier molecular flexibility index (Phi) is 11.1. The second-order valence-corrected chi connectivity index (χ2v) is 17.6.